The van der Waals surface area contributed by atoms with Crippen LogP contribution >= 0.6 is 0 Å². The molecule has 0 aromatic heterocycles. The molecule has 0 aliphatic carbocycles. The Morgan fingerprint density at radius 1 is 1.38 bits per heavy atom. The average Bonchev–Trinajstić information content (AvgIpc) is 2.30. The van der Waals surface area contributed by atoms with Gasteiger partial charge in [0.1, 0.15) is 5.82 Å². The van der Waals surface area contributed by atoms with Gasteiger partial charge < -0.3 is 10.0 Å². The molecule has 0 heterocycles. The van der Waals surface area contributed by atoms with E-state index in [1.807, 2.05) is 6.92 Å². The average molecular weight is 225 g/mol. The van der Waals surface area contributed by atoms with Crippen molar-refractivity contribution in [2.45, 2.75) is 13.3 Å². The fraction of sp³-hybridized carbons (Fsp3) is 0.417. The molecule has 0 fully saturated rings. The molecule has 0 atom stereocenters. The zero-order chi connectivity index (χ0) is 12.0. The summed E-state index contributed by atoms with van der Waals surface area (Å²) in [7, 11) is 0. The highest BCUT2D eigenvalue weighted by atomic mass is 19.1. The summed E-state index contributed by atoms with van der Waals surface area (Å²) in [6.45, 7) is 3.03. The van der Waals surface area contributed by atoms with E-state index >= 15 is 0 Å². The molecular weight excluding hydrogens is 209 g/mol. The lowest BCUT2D eigenvalue weighted by atomic mass is 10.2. The first-order valence-corrected chi connectivity index (χ1v) is 5.34. The third kappa shape index (κ3) is 3.31. The second kappa shape index (κ2) is 6.23. The maximum atomic E-state index is 12.7. The van der Waals surface area contributed by atoms with Gasteiger partial charge in [0.25, 0.3) is 5.91 Å². The van der Waals surface area contributed by atoms with Gasteiger partial charge in [0.2, 0.25) is 0 Å². The zero-order valence-corrected chi connectivity index (χ0v) is 9.32. The number of hydrogen-bond donors (Lipinski definition) is 1. The molecule has 1 aromatic rings. The SMILES string of the molecule is CCN(CCCO)C(=O)c1ccc(F)cc1. The van der Waals surface area contributed by atoms with Crippen molar-refractivity contribution in [1.82, 2.24) is 4.90 Å². The molecule has 0 aliphatic rings. The summed E-state index contributed by atoms with van der Waals surface area (Å²) >= 11 is 0. The van der Waals surface area contributed by atoms with Crippen molar-refractivity contribution < 1.29 is 14.3 Å². The van der Waals surface area contributed by atoms with Gasteiger partial charge in [0.05, 0.1) is 0 Å². The van der Waals surface area contributed by atoms with Gasteiger partial charge in [-0.25, -0.2) is 4.39 Å². The molecule has 0 bridgehead atoms. The fourth-order valence-electron chi connectivity index (χ4n) is 1.44. The van der Waals surface area contributed by atoms with Gasteiger partial charge in [-0.05, 0) is 37.6 Å². The van der Waals surface area contributed by atoms with Crippen LogP contribution in [0.1, 0.15) is 23.7 Å². The minimum atomic E-state index is -0.352. The lowest BCUT2D eigenvalue weighted by molar-refractivity contribution is 0.0754. The largest absolute Gasteiger partial charge is 0.396 e. The monoisotopic (exact) mass is 225 g/mol. The van der Waals surface area contributed by atoms with Crippen molar-refractivity contribution in [2.24, 2.45) is 0 Å². The second-order valence-electron chi connectivity index (χ2n) is 3.47. The number of carbonyl (C=O) groups excluding carboxylic acids is 1. The van der Waals surface area contributed by atoms with Crippen LogP contribution in [-0.2, 0) is 0 Å². The van der Waals surface area contributed by atoms with E-state index in [-0.39, 0.29) is 18.3 Å². The highest BCUT2D eigenvalue weighted by Crippen LogP contribution is 2.07. The van der Waals surface area contributed by atoms with Gasteiger partial charge in [-0.15, -0.1) is 0 Å². The number of aliphatic hydroxyl groups is 1. The Balaban J connectivity index is 2.70. The summed E-state index contributed by atoms with van der Waals surface area (Å²) in [6, 6.07) is 5.48. The van der Waals surface area contributed by atoms with Gasteiger partial charge in [-0.2, -0.15) is 0 Å². The van der Waals surface area contributed by atoms with Crippen LogP contribution in [0.5, 0.6) is 0 Å². The molecule has 0 saturated heterocycles. The number of hydrogen-bond acceptors (Lipinski definition) is 2. The quantitative estimate of drug-likeness (QED) is 0.828. The Morgan fingerprint density at radius 2 is 2.00 bits per heavy atom. The van der Waals surface area contributed by atoms with E-state index in [0.717, 1.165) is 0 Å². The number of amides is 1. The zero-order valence-electron chi connectivity index (χ0n) is 9.32. The van der Waals surface area contributed by atoms with Crippen molar-refractivity contribution in [2.75, 3.05) is 19.7 Å². The van der Waals surface area contributed by atoms with Crippen LogP contribution in [0.25, 0.3) is 0 Å². The van der Waals surface area contributed by atoms with Gasteiger partial charge in [0.15, 0.2) is 0 Å². The Labute approximate surface area is 94.5 Å². The molecule has 0 spiro atoms. The van der Waals surface area contributed by atoms with E-state index in [1.165, 1.54) is 24.3 Å². The van der Waals surface area contributed by atoms with Gasteiger partial charge in [-0.3, -0.25) is 4.79 Å². The molecule has 88 valence electrons. The molecule has 1 rings (SSSR count). The topological polar surface area (TPSA) is 40.5 Å². The number of rotatable bonds is 5. The summed E-state index contributed by atoms with van der Waals surface area (Å²) in [5.41, 5.74) is 0.473. The van der Waals surface area contributed by atoms with Crippen LogP contribution in [0.2, 0.25) is 0 Å². The molecule has 1 N–H and O–H groups in total. The van der Waals surface area contributed by atoms with Crippen LogP contribution in [0, 0.1) is 5.82 Å². The molecule has 1 aromatic carbocycles. The second-order valence-corrected chi connectivity index (χ2v) is 3.47. The standard InChI is InChI=1S/C12H16FNO2/c1-2-14(8-3-9-15)12(16)10-4-6-11(13)7-5-10/h4-7,15H,2-3,8-9H2,1H3. The van der Waals surface area contributed by atoms with E-state index in [4.69, 9.17) is 5.11 Å². The fourth-order valence-corrected chi connectivity index (χ4v) is 1.44. The van der Waals surface area contributed by atoms with Crippen LogP contribution < -0.4 is 0 Å². The number of aliphatic hydroxyl groups excluding tert-OH is 1. The van der Waals surface area contributed by atoms with Crippen LogP contribution in [0.4, 0.5) is 4.39 Å². The smallest absolute Gasteiger partial charge is 0.253 e. The van der Waals surface area contributed by atoms with Crippen molar-refractivity contribution in [3.63, 3.8) is 0 Å². The Kier molecular flexibility index (Phi) is 4.92. The van der Waals surface area contributed by atoms with Crippen molar-refractivity contribution >= 4 is 5.91 Å². The minimum Gasteiger partial charge on any atom is -0.396 e. The van der Waals surface area contributed by atoms with E-state index in [9.17, 15) is 9.18 Å². The third-order valence-electron chi connectivity index (χ3n) is 2.35. The molecule has 0 aliphatic heterocycles. The Bertz CT molecular complexity index is 337. The minimum absolute atomic E-state index is 0.0627. The predicted octanol–water partition coefficient (Wildman–Crippen LogP) is 1.67. The van der Waals surface area contributed by atoms with Crippen LogP contribution in [0.15, 0.2) is 24.3 Å². The van der Waals surface area contributed by atoms with Gasteiger partial charge in [0, 0.05) is 25.3 Å². The lowest BCUT2D eigenvalue weighted by Gasteiger charge is -2.20. The van der Waals surface area contributed by atoms with E-state index < -0.39 is 0 Å². The number of nitrogens with zero attached hydrogens (tertiary/aromatic N) is 1. The summed E-state index contributed by atoms with van der Waals surface area (Å²) in [5.74, 6) is -0.481. The van der Waals surface area contributed by atoms with Gasteiger partial charge in [-0.1, -0.05) is 0 Å². The number of benzene rings is 1. The third-order valence-corrected chi connectivity index (χ3v) is 2.35. The molecule has 16 heavy (non-hydrogen) atoms. The van der Waals surface area contributed by atoms with Crippen molar-refractivity contribution in [3.05, 3.63) is 35.6 Å². The summed E-state index contributed by atoms with van der Waals surface area (Å²) in [5, 5.41) is 8.71. The molecule has 0 unspecified atom stereocenters. The predicted molar refractivity (Wildman–Crippen MR) is 59.7 cm³/mol. The maximum absolute atomic E-state index is 12.7. The summed E-state index contributed by atoms with van der Waals surface area (Å²) in [4.78, 5) is 13.5. The van der Waals surface area contributed by atoms with Gasteiger partial charge >= 0.3 is 0 Å². The molecule has 4 heteroatoms. The molecule has 3 nitrogen and oxygen atoms in total. The Morgan fingerprint density at radius 3 is 2.50 bits per heavy atom. The van der Waals surface area contributed by atoms with E-state index in [0.29, 0.717) is 25.1 Å². The van der Waals surface area contributed by atoms with Crippen molar-refractivity contribution in [3.8, 4) is 0 Å². The molecule has 1 amide bonds. The Hall–Kier alpha value is -1.42. The first kappa shape index (κ1) is 12.6. The normalized spacial score (nSPS) is 10.2. The summed E-state index contributed by atoms with van der Waals surface area (Å²) < 4.78 is 12.7. The first-order valence-electron chi connectivity index (χ1n) is 5.34. The highest BCUT2D eigenvalue weighted by Gasteiger charge is 2.13. The van der Waals surface area contributed by atoms with Crippen LogP contribution in [0.3, 0.4) is 0 Å². The van der Waals surface area contributed by atoms with Crippen LogP contribution in [-0.4, -0.2) is 35.6 Å². The number of halogens is 1. The van der Waals surface area contributed by atoms with E-state index in [2.05, 4.69) is 0 Å². The molecular formula is C12H16FNO2. The lowest BCUT2D eigenvalue weighted by Crippen LogP contribution is -2.32. The first-order chi connectivity index (χ1) is 7.69. The van der Waals surface area contributed by atoms with E-state index in [1.54, 1.807) is 4.90 Å². The highest BCUT2D eigenvalue weighted by molar-refractivity contribution is 5.94. The molecule has 0 saturated carbocycles. The maximum Gasteiger partial charge on any atom is 0.253 e. The summed E-state index contributed by atoms with van der Waals surface area (Å²) in [6.07, 6.45) is 0.556. The molecule has 0 radical (unpaired) electrons. The van der Waals surface area contributed by atoms with Crippen molar-refractivity contribution in [1.29, 1.82) is 0 Å². The number of carbonyl (C=O) groups is 1.